The van der Waals surface area contributed by atoms with E-state index < -0.39 is 33.8 Å². The van der Waals surface area contributed by atoms with Crippen molar-refractivity contribution in [2.75, 3.05) is 30.9 Å². The molecule has 2 heterocycles. The molecule has 254 valence electrons. The zero-order valence-corrected chi connectivity index (χ0v) is 29.1. The van der Waals surface area contributed by atoms with Crippen LogP contribution in [0, 0.1) is 17.8 Å². The molecule has 10 nitrogen and oxygen atoms in total. The molecule has 0 aromatic heterocycles. The molecule has 2 aliphatic rings. The summed E-state index contributed by atoms with van der Waals surface area (Å²) in [5.74, 6) is -1.33. The number of anilines is 1. The lowest BCUT2D eigenvalue weighted by Gasteiger charge is -2.32. The second kappa shape index (κ2) is 16.4. The van der Waals surface area contributed by atoms with E-state index in [9.17, 15) is 18.9 Å². The number of aliphatic hydroxyl groups is 1. The van der Waals surface area contributed by atoms with Crippen LogP contribution in [0.4, 0.5) is 5.69 Å². The second-order valence-corrected chi connectivity index (χ2v) is 14.9. The number of amides is 2. The minimum Gasteiger partial charge on any atom is -0.491 e. The van der Waals surface area contributed by atoms with Gasteiger partial charge in [0.25, 0.3) is 11.8 Å². The molecule has 0 saturated heterocycles. The van der Waals surface area contributed by atoms with Gasteiger partial charge in [0.2, 0.25) is 0 Å². The number of hydrogen-bond donors (Lipinski definition) is 3. The Morgan fingerprint density at radius 2 is 1.94 bits per heavy atom. The van der Waals surface area contributed by atoms with Crippen molar-refractivity contribution < 1.29 is 23.6 Å². The molecule has 4 rings (SSSR count). The Bertz CT molecular complexity index is 1670. The minimum atomic E-state index is -3.73. The highest BCUT2D eigenvalue weighted by Crippen LogP contribution is 2.35. The number of halogens is 1. The van der Waals surface area contributed by atoms with E-state index in [4.69, 9.17) is 22.1 Å². The zero-order valence-electron chi connectivity index (χ0n) is 27.5. The fraction of sp³-hybridized carbons (Fsp3) is 0.457. The van der Waals surface area contributed by atoms with Crippen LogP contribution in [-0.2, 0) is 27.7 Å². The number of fused-ring (bicyclic) bond motifs is 2. The first-order valence-corrected chi connectivity index (χ1v) is 18.1. The lowest BCUT2D eigenvalue weighted by molar-refractivity contribution is -0.115. The van der Waals surface area contributed by atoms with Crippen LogP contribution in [-0.4, -0.2) is 59.4 Å². The number of hydrogen-bond acceptors (Lipinski definition) is 8. The van der Waals surface area contributed by atoms with Crippen LogP contribution in [0.1, 0.15) is 61.5 Å². The highest BCUT2D eigenvalue weighted by atomic mass is 35.5. The summed E-state index contributed by atoms with van der Waals surface area (Å²) in [5, 5.41) is 11.6. The van der Waals surface area contributed by atoms with Crippen molar-refractivity contribution in [3.8, 4) is 5.75 Å². The predicted molar refractivity (Wildman–Crippen MR) is 189 cm³/mol. The molecule has 2 aliphatic heterocycles. The molecule has 2 amide bonds. The number of carbonyl (C=O) groups excluding carboxylic acids is 2. The van der Waals surface area contributed by atoms with Crippen LogP contribution in [0.3, 0.4) is 0 Å². The van der Waals surface area contributed by atoms with E-state index in [1.54, 1.807) is 31.2 Å². The Hall–Kier alpha value is -3.67. The fourth-order valence-electron chi connectivity index (χ4n) is 5.70. The number of ether oxygens (including phenoxy) is 1. The quantitative estimate of drug-likeness (QED) is 0.221. The lowest BCUT2D eigenvalue weighted by Crippen LogP contribution is -2.38. The highest BCUT2D eigenvalue weighted by Gasteiger charge is 2.27. The number of nitrogens with one attached hydrogen (secondary N) is 1. The number of nitrogens with zero attached hydrogens (tertiary/aromatic N) is 3. The lowest BCUT2D eigenvalue weighted by atomic mass is 9.91. The molecule has 5 atom stereocenters. The summed E-state index contributed by atoms with van der Waals surface area (Å²) in [6.07, 6.45) is 8.26. The van der Waals surface area contributed by atoms with Crippen LogP contribution in [0.25, 0.3) is 0 Å². The maximum absolute atomic E-state index is 14.3. The van der Waals surface area contributed by atoms with Crippen molar-refractivity contribution in [3.63, 3.8) is 0 Å². The second-order valence-electron chi connectivity index (χ2n) is 12.5. The summed E-state index contributed by atoms with van der Waals surface area (Å²) in [4.78, 5) is 32.9. The molecule has 12 heteroatoms. The molecule has 0 spiro atoms. The molecule has 0 radical (unpaired) electrons. The van der Waals surface area contributed by atoms with E-state index in [1.165, 1.54) is 18.8 Å². The molecule has 4 N–H and O–H groups in total. The van der Waals surface area contributed by atoms with Gasteiger partial charge in [0.05, 0.1) is 29.7 Å². The average molecular weight is 684 g/mol. The molecule has 2 aromatic carbocycles. The third-order valence-electron chi connectivity index (χ3n) is 8.76. The third-order valence-corrected chi connectivity index (χ3v) is 10.9. The molecule has 47 heavy (non-hydrogen) atoms. The number of carbonyl (C=O) groups is 2. The van der Waals surface area contributed by atoms with E-state index in [0.717, 1.165) is 36.7 Å². The first-order chi connectivity index (χ1) is 22.4. The Morgan fingerprint density at radius 3 is 2.68 bits per heavy atom. The number of nitrogens with two attached hydrogens (primary N) is 1. The standard InChI is InChI=1S/C35H46ClN5O5S/c1-23-8-7-10-32(42)25(3)22-47(45,40-35(44)29(18-37)19-38-4)39-34(43)27-12-14-33-31(17-27)41(20-24(23)2)21-28-11-13-30(36)16-26(28)9-5-6-15-46-33/h7,10-14,16-19,23-25,32,42H,5-6,8-9,15,20-22,37H2,1-4H3,(H,39,40,43,44,45). The molecule has 0 aliphatic carbocycles. The molecule has 0 fully saturated rings. The van der Waals surface area contributed by atoms with Crippen molar-refractivity contribution in [3.05, 3.63) is 82.0 Å². The molecule has 2 aromatic rings. The molecule has 0 saturated carbocycles. The number of benzene rings is 2. The number of allylic oxidation sites excluding steroid dienone is 1. The van der Waals surface area contributed by atoms with Gasteiger partial charge in [-0.2, -0.15) is 0 Å². The van der Waals surface area contributed by atoms with Gasteiger partial charge < -0.3 is 20.5 Å². The number of aliphatic imine (C=N–C) groups is 1. The van der Waals surface area contributed by atoms with Crippen LogP contribution >= 0.6 is 11.6 Å². The van der Waals surface area contributed by atoms with Gasteiger partial charge in [-0.05, 0) is 84.9 Å². The smallest absolute Gasteiger partial charge is 0.286 e. The fourth-order valence-corrected chi connectivity index (χ4v) is 7.79. The topological polar surface area (TPSA) is 147 Å². The van der Waals surface area contributed by atoms with Crippen LogP contribution in [0.15, 0.2) is 69.7 Å². The van der Waals surface area contributed by atoms with Gasteiger partial charge in [-0.15, -0.1) is 4.36 Å². The average Bonchev–Trinajstić information content (AvgIpc) is 3.05. The summed E-state index contributed by atoms with van der Waals surface area (Å²) >= 11 is 6.41. The van der Waals surface area contributed by atoms with E-state index in [0.29, 0.717) is 36.9 Å². The van der Waals surface area contributed by atoms with Gasteiger partial charge in [-0.3, -0.25) is 19.3 Å². The Kier molecular flexibility index (Phi) is 12.6. The Labute approximate surface area is 283 Å². The van der Waals surface area contributed by atoms with Crippen molar-refractivity contribution in [2.24, 2.45) is 32.8 Å². The summed E-state index contributed by atoms with van der Waals surface area (Å²) in [7, 11) is -2.26. The summed E-state index contributed by atoms with van der Waals surface area (Å²) < 4.78 is 27.1. The summed E-state index contributed by atoms with van der Waals surface area (Å²) in [6.45, 7) is 7.79. The van der Waals surface area contributed by atoms with Crippen LogP contribution in [0.5, 0.6) is 5.75 Å². The van der Waals surface area contributed by atoms with Gasteiger partial charge in [0.15, 0.2) is 0 Å². The van der Waals surface area contributed by atoms with E-state index >= 15 is 0 Å². The van der Waals surface area contributed by atoms with Crippen molar-refractivity contribution in [2.45, 2.75) is 59.1 Å². The molecule has 2 bridgehead atoms. The molecule has 5 unspecified atom stereocenters. The van der Waals surface area contributed by atoms with E-state index in [-0.39, 0.29) is 28.7 Å². The van der Waals surface area contributed by atoms with Gasteiger partial charge in [0, 0.05) is 43.1 Å². The van der Waals surface area contributed by atoms with E-state index in [1.807, 2.05) is 18.2 Å². The van der Waals surface area contributed by atoms with Crippen molar-refractivity contribution >= 4 is 45.2 Å². The number of aliphatic hydroxyl groups excluding tert-OH is 1. The van der Waals surface area contributed by atoms with Gasteiger partial charge in [-0.1, -0.05) is 50.6 Å². The first kappa shape index (κ1) is 36.2. The van der Waals surface area contributed by atoms with Gasteiger partial charge >= 0.3 is 0 Å². The first-order valence-electron chi connectivity index (χ1n) is 16.0. The molecular weight excluding hydrogens is 638 g/mol. The Balaban J connectivity index is 1.87. The van der Waals surface area contributed by atoms with Gasteiger partial charge in [0.1, 0.15) is 15.7 Å². The maximum atomic E-state index is 14.3. The number of aryl methyl sites for hydroxylation is 1. The van der Waals surface area contributed by atoms with Crippen LogP contribution in [0.2, 0.25) is 5.02 Å². The maximum Gasteiger partial charge on any atom is 0.286 e. The molecular formula is C35H46ClN5O5S. The third kappa shape index (κ3) is 9.68. The van der Waals surface area contributed by atoms with Crippen molar-refractivity contribution in [1.82, 2.24) is 4.72 Å². The van der Waals surface area contributed by atoms with Crippen molar-refractivity contribution in [1.29, 1.82) is 0 Å². The summed E-state index contributed by atoms with van der Waals surface area (Å²) in [6, 6.07) is 11.1. The predicted octanol–water partition coefficient (Wildman–Crippen LogP) is 5.47. The monoisotopic (exact) mass is 683 g/mol. The minimum absolute atomic E-state index is 0.0421. The normalized spacial score (nSPS) is 26.5. The van der Waals surface area contributed by atoms with E-state index in [2.05, 4.69) is 38.9 Å². The summed E-state index contributed by atoms with van der Waals surface area (Å²) in [5.41, 5.74) is 8.80. The van der Waals surface area contributed by atoms with Crippen LogP contribution < -0.4 is 20.1 Å². The SMILES string of the molecule is CN=CC(=CN)C(=O)NS1(=O)=NC(=O)c2ccc3c(c2)N(Cc2ccc(Cl)cc2CCCCO3)CC(C)C(C)CC=CC(O)C(C)C1. The largest absolute Gasteiger partial charge is 0.491 e. The Morgan fingerprint density at radius 1 is 1.15 bits per heavy atom. The zero-order chi connectivity index (χ0) is 34.1. The van der Waals surface area contributed by atoms with Gasteiger partial charge in [-0.25, -0.2) is 4.21 Å². The number of rotatable bonds is 3. The highest BCUT2D eigenvalue weighted by molar-refractivity contribution is 7.92.